The Morgan fingerprint density at radius 2 is 2.12 bits per heavy atom. The first kappa shape index (κ1) is 16.7. The molecule has 1 aromatic heterocycles. The maximum atomic E-state index is 12.3. The molecule has 0 bridgehead atoms. The topological polar surface area (TPSA) is 65.5 Å². The number of benzene rings is 1. The summed E-state index contributed by atoms with van der Waals surface area (Å²) < 4.78 is 0. The van der Waals surface area contributed by atoms with Crippen LogP contribution in [0.5, 0.6) is 0 Å². The Morgan fingerprint density at radius 1 is 1.33 bits per heavy atom. The maximum absolute atomic E-state index is 12.3. The number of anilines is 2. The van der Waals surface area contributed by atoms with Gasteiger partial charge in [0.15, 0.2) is 5.13 Å². The number of halogens is 1. The fourth-order valence-electron chi connectivity index (χ4n) is 2.48. The summed E-state index contributed by atoms with van der Waals surface area (Å²) >= 11 is 7.41. The lowest BCUT2D eigenvalue weighted by Gasteiger charge is -2.32. The summed E-state index contributed by atoms with van der Waals surface area (Å²) in [6.07, 6.45) is 1.10. The van der Waals surface area contributed by atoms with E-state index in [1.165, 1.54) is 11.3 Å². The maximum Gasteiger partial charge on any atom is 0.228 e. The molecule has 6 nitrogen and oxygen atoms in total. The number of hydrogen-bond acceptors (Lipinski definition) is 5. The van der Waals surface area contributed by atoms with Crippen molar-refractivity contribution in [2.45, 2.75) is 6.42 Å². The summed E-state index contributed by atoms with van der Waals surface area (Å²) in [5, 5.41) is 6.45. The predicted octanol–water partition coefficient (Wildman–Crippen LogP) is 2.38. The van der Waals surface area contributed by atoms with Gasteiger partial charge in [-0.05, 0) is 18.2 Å². The second-order valence-corrected chi connectivity index (χ2v) is 6.77. The van der Waals surface area contributed by atoms with Crippen LogP contribution in [0.3, 0.4) is 0 Å². The average Bonchev–Trinajstić information content (AvgIpc) is 3.02. The summed E-state index contributed by atoms with van der Waals surface area (Å²) in [4.78, 5) is 30.9. The third-order valence-electron chi connectivity index (χ3n) is 3.78. The first-order chi connectivity index (χ1) is 11.6. The quantitative estimate of drug-likeness (QED) is 0.827. The third kappa shape index (κ3) is 4.24. The molecule has 8 heteroatoms. The molecule has 1 N–H and O–H groups in total. The molecular formula is C16H17ClN4O2S. The van der Waals surface area contributed by atoms with Gasteiger partial charge in [-0.3, -0.25) is 9.59 Å². The van der Waals surface area contributed by atoms with E-state index in [1.807, 2.05) is 29.6 Å². The van der Waals surface area contributed by atoms with Gasteiger partial charge in [0.25, 0.3) is 0 Å². The van der Waals surface area contributed by atoms with Gasteiger partial charge in [-0.2, -0.15) is 0 Å². The molecular weight excluding hydrogens is 348 g/mol. The van der Waals surface area contributed by atoms with E-state index in [-0.39, 0.29) is 12.3 Å². The fraction of sp³-hybridized carbons (Fsp3) is 0.312. The van der Waals surface area contributed by atoms with E-state index in [2.05, 4.69) is 10.3 Å². The van der Waals surface area contributed by atoms with Crippen LogP contribution in [0.1, 0.15) is 5.69 Å². The number of nitrogens with zero attached hydrogens (tertiary/aromatic N) is 3. The van der Waals surface area contributed by atoms with E-state index >= 15 is 0 Å². The zero-order valence-electron chi connectivity index (χ0n) is 12.9. The molecule has 1 aliphatic rings. The smallest absolute Gasteiger partial charge is 0.228 e. The Hall–Kier alpha value is -2.12. The number of amides is 2. The first-order valence-corrected chi connectivity index (χ1v) is 8.84. The summed E-state index contributed by atoms with van der Waals surface area (Å²) in [7, 11) is 0. The van der Waals surface area contributed by atoms with Crippen molar-refractivity contribution in [2.75, 3.05) is 31.5 Å². The summed E-state index contributed by atoms with van der Waals surface area (Å²) in [5.74, 6) is 0.0418. The summed E-state index contributed by atoms with van der Waals surface area (Å²) in [6, 6.07) is 7.40. The molecule has 1 fully saturated rings. The molecule has 126 valence electrons. The zero-order chi connectivity index (χ0) is 16.9. The van der Waals surface area contributed by atoms with Crippen LogP contribution in [0, 0.1) is 0 Å². The summed E-state index contributed by atoms with van der Waals surface area (Å²) in [6.45, 7) is 2.34. The van der Waals surface area contributed by atoms with Gasteiger partial charge in [0, 0.05) is 42.3 Å². The number of carbonyl (C=O) groups excluding carboxylic acids is 2. The molecule has 0 saturated carbocycles. The van der Waals surface area contributed by atoms with E-state index in [1.54, 1.807) is 9.80 Å². The van der Waals surface area contributed by atoms with Crippen LogP contribution >= 0.6 is 22.9 Å². The number of aromatic nitrogens is 1. The van der Waals surface area contributed by atoms with Crippen molar-refractivity contribution in [3.8, 4) is 0 Å². The Labute approximate surface area is 149 Å². The molecule has 0 spiro atoms. The molecule has 24 heavy (non-hydrogen) atoms. The molecule has 0 unspecified atom stereocenters. The number of thiazole rings is 1. The van der Waals surface area contributed by atoms with Gasteiger partial charge in [-0.1, -0.05) is 17.7 Å². The number of carbonyl (C=O) groups is 2. The molecule has 0 radical (unpaired) electrons. The highest BCUT2D eigenvalue weighted by Gasteiger charge is 2.21. The SMILES string of the molecule is O=CN1CCN(C(=O)Cc2csc(Nc3cccc(Cl)c3)n2)CC1. The molecule has 2 amide bonds. The Kier molecular flexibility index (Phi) is 5.32. The Balaban J connectivity index is 1.56. The van der Waals surface area contributed by atoms with Crippen LogP contribution in [0.25, 0.3) is 0 Å². The van der Waals surface area contributed by atoms with Gasteiger partial charge in [0.1, 0.15) is 0 Å². The van der Waals surface area contributed by atoms with Gasteiger partial charge < -0.3 is 15.1 Å². The molecule has 0 aliphatic carbocycles. The van der Waals surface area contributed by atoms with Crippen LogP contribution in [0.4, 0.5) is 10.8 Å². The second kappa shape index (κ2) is 7.63. The highest BCUT2D eigenvalue weighted by Crippen LogP contribution is 2.23. The Morgan fingerprint density at radius 3 is 2.83 bits per heavy atom. The minimum atomic E-state index is 0.0418. The lowest BCUT2D eigenvalue weighted by Crippen LogP contribution is -2.48. The molecule has 1 aromatic carbocycles. The third-order valence-corrected chi connectivity index (χ3v) is 4.82. The average molecular weight is 365 g/mol. The van der Waals surface area contributed by atoms with Gasteiger partial charge in [0.2, 0.25) is 12.3 Å². The van der Waals surface area contributed by atoms with E-state index in [9.17, 15) is 9.59 Å². The van der Waals surface area contributed by atoms with Crippen LogP contribution in [-0.4, -0.2) is 53.3 Å². The minimum absolute atomic E-state index is 0.0418. The molecule has 0 atom stereocenters. The predicted molar refractivity (Wildman–Crippen MR) is 94.8 cm³/mol. The van der Waals surface area contributed by atoms with Crippen LogP contribution in [-0.2, 0) is 16.0 Å². The second-order valence-electron chi connectivity index (χ2n) is 5.48. The van der Waals surface area contributed by atoms with Crippen LogP contribution < -0.4 is 5.32 Å². The zero-order valence-corrected chi connectivity index (χ0v) is 14.5. The van der Waals surface area contributed by atoms with Gasteiger partial charge in [0.05, 0.1) is 12.1 Å². The first-order valence-electron chi connectivity index (χ1n) is 7.58. The fourth-order valence-corrected chi connectivity index (χ4v) is 3.40. The van der Waals surface area contributed by atoms with Gasteiger partial charge >= 0.3 is 0 Å². The monoisotopic (exact) mass is 364 g/mol. The van der Waals surface area contributed by atoms with Crippen molar-refractivity contribution in [3.63, 3.8) is 0 Å². The van der Waals surface area contributed by atoms with Crippen molar-refractivity contribution in [1.29, 1.82) is 0 Å². The van der Waals surface area contributed by atoms with Crippen molar-refractivity contribution >= 4 is 46.1 Å². The number of hydrogen-bond donors (Lipinski definition) is 1. The molecule has 1 aliphatic heterocycles. The van der Waals surface area contributed by atoms with Crippen molar-refractivity contribution < 1.29 is 9.59 Å². The molecule has 2 aromatic rings. The Bertz CT molecular complexity index is 728. The van der Waals surface area contributed by atoms with E-state index in [4.69, 9.17) is 11.6 Å². The van der Waals surface area contributed by atoms with E-state index in [0.717, 1.165) is 22.9 Å². The van der Waals surface area contributed by atoms with Gasteiger partial charge in [-0.25, -0.2) is 4.98 Å². The highest BCUT2D eigenvalue weighted by atomic mass is 35.5. The molecule has 1 saturated heterocycles. The highest BCUT2D eigenvalue weighted by molar-refractivity contribution is 7.13. The molecule has 2 heterocycles. The lowest BCUT2D eigenvalue weighted by atomic mass is 10.2. The summed E-state index contributed by atoms with van der Waals surface area (Å²) in [5.41, 5.74) is 1.60. The normalized spacial score (nSPS) is 14.5. The van der Waals surface area contributed by atoms with Crippen LogP contribution in [0.2, 0.25) is 5.02 Å². The number of rotatable bonds is 5. The number of piperazine rings is 1. The lowest BCUT2D eigenvalue weighted by molar-refractivity contribution is -0.134. The standard InChI is InChI=1S/C16H17ClN4O2S/c17-12-2-1-3-13(8-12)18-16-19-14(10-24-16)9-15(23)21-6-4-20(11-22)5-7-21/h1-3,8,10-11H,4-7,9H2,(H,18,19). The van der Waals surface area contributed by atoms with Gasteiger partial charge in [-0.15, -0.1) is 11.3 Å². The minimum Gasteiger partial charge on any atom is -0.342 e. The molecule has 3 rings (SSSR count). The van der Waals surface area contributed by atoms with E-state index in [0.29, 0.717) is 31.2 Å². The largest absolute Gasteiger partial charge is 0.342 e. The van der Waals surface area contributed by atoms with Crippen LogP contribution in [0.15, 0.2) is 29.6 Å². The van der Waals surface area contributed by atoms with Crippen molar-refractivity contribution in [2.24, 2.45) is 0 Å². The van der Waals surface area contributed by atoms with E-state index < -0.39 is 0 Å². The van der Waals surface area contributed by atoms with Crippen molar-refractivity contribution in [3.05, 3.63) is 40.4 Å². The van der Waals surface area contributed by atoms with Crippen molar-refractivity contribution in [1.82, 2.24) is 14.8 Å². The number of nitrogens with one attached hydrogen (secondary N) is 1.